The summed E-state index contributed by atoms with van der Waals surface area (Å²) in [6.45, 7) is 4.20. The molecule has 0 unspecified atom stereocenters. The number of hydrogen-bond acceptors (Lipinski definition) is 3. The van der Waals surface area contributed by atoms with Crippen molar-refractivity contribution in [3.05, 3.63) is 0 Å². The number of nitrogens with one attached hydrogen (secondary N) is 1. The SMILES string of the molecule is CC(C)C[C@@H](N)C1=NNC(=O)C1. The maximum atomic E-state index is 10.8. The van der Waals surface area contributed by atoms with Crippen LogP contribution in [0.4, 0.5) is 0 Å². The number of carbonyl (C=O) groups is 1. The summed E-state index contributed by atoms with van der Waals surface area (Å²) in [5, 5.41) is 3.86. The van der Waals surface area contributed by atoms with Gasteiger partial charge in [0.15, 0.2) is 0 Å². The van der Waals surface area contributed by atoms with Crippen molar-refractivity contribution < 1.29 is 4.79 Å². The highest BCUT2D eigenvalue weighted by atomic mass is 16.2. The molecule has 0 fully saturated rings. The van der Waals surface area contributed by atoms with E-state index in [0.29, 0.717) is 12.3 Å². The molecule has 1 atom stereocenters. The smallest absolute Gasteiger partial charge is 0.245 e. The Morgan fingerprint density at radius 1 is 1.67 bits per heavy atom. The second-order valence-corrected chi connectivity index (χ2v) is 3.55. The predicted molar refractivity (Wildman–Crippen MR) is 47.6 cm³/mol. The molecule has 1 heterocycles. The van der Waals surface area contributed by atoms with Crippen LogP contribution in [0.2, 0.25) is 0 Å². The zero-order valence-electron chi connectivity index (χ0n) is 7.50. The molecule has 0 radical (unpaired) electrons. The summed E-state index contributed by atoms with van der Waals surface area (Å²) in [5.74, 6) is 0.489. The minimum Gasteiger partial charge on any atom is -0.323 e. The lowest BCUT2D eigenvalue weighted by Crippen LogP contribution is -2.31. The van der Waals surface area contributed by atoms with Crippen molar-refractivity contribution in [2.45, 2.75) is 32.7 Å². The van der Waals surface area contributed by atoms with Crippen LogP contribution in [0.3, 0.4) is 0 Å². The van der Waals surface area contributed by atoms with Gasteiger partial charge in [-0.25, -0.2) is 5.43 Å². The second-order valence-electron chi connectivity index (χ2n) is 3.55. The van der Waals surface area contributed by atoms with Crippen molar-refractivity contribution in [1.29, 1.82) is 0 Å². The molecular weight excluding hydrogens is 154 g/mol. The van der Waals surface area contributed by atoms with Gasteiger partial charge in [0.25, 0.3) is 0 Å². The van der Waals surface area contributed by atoms with E-state index >= 15 is 0 Å². The summed E-state index contributed by atoms with van der Waals surface area (Å²) in [4.78, 5) is 10.8. The van der Waals surface area contributed by atoms with E-state index in [1.165, 1.54) is 0 Å². The Morgan fingerprint density at radius 2 is 2.33 bits per heavy atom. The zero-order chi connectivity index (χ0) is 9.14. The van der Waals surface area contributed by atoms with Crippen LogP contribution in [-0.4, -0.2) is 17.7 Å². The third-order valence-corrected chi connectivity index (χ3v) is 1.82. The van der Waals surface area contributed by atoms with Crippen LogP contribution in [-0.2, 0) is 4.79 Å². The van der Waals surface area contributed by atoms with Crippen molar-refractivity contribution in [3.8, 4) is 0 Å². The van der Waals surface area contributed by atoms with E-state index < -0.39 is 0 Å². The van der Waals surface area contributed by atoms with Crippen LogP contribution >= 0.6 is 0 Å². The fourth-order valence-electron chi connectivity index (χ4n) is 1.24. The van der Waals surface area contributed by atoms with Gasteiger partial charge in [-0.3, -0.25) is 4.79 Å². The maximum absolute atomic E-state index is 10.8. The van der Waals surface area contributed by atoms with Crippen LogP contribution in [0, 0.1) is 5.92 Å². The van der Waals surface area contributed by atoms with Gasteiger partial charge in [-0.05, 0) is 12.3 Å². The van der Waals surface area contributed by atoms with Gasteiger partial charge in [0.1, 0.15) is 0 Å². The summed E-state index contributed by atoms with van der Waals surface area (Å²) in [6.07, 6.45) is 1.25. The minimum atomic E-state index is -0.0658. The zero-order valence-corrected chi connectivity index (χ0v) is 7.50. The molecule has 0 spiro atoms. The molecule has 0 aromatic carbocycles. The molecule has 0 aromatic rings. The van der Waals surface area contributed by atoms with Gasteiger partial charge in [0, 0.05) is 6.04 Å². The Morgan fingerprint density at radius 3 is 2.75 bits per heavy atom. The third kappa shape index (κ3) is 2.30. The molecule has 1 rings (SSSR count). The van der Waals surface area contributed by atoms with Gasteiger partial charge < -0.3 is 5.73 Å². The van der Waals surface area contributed by atoms with E-state index in [0.717, 1.165) is 12.1 Å². The number of hydrazone groups is 1. The molecule has 0 aliphatic carbocycles. The molecule has 0 saturated heterocycles. The van der Waals surface area contributed by atoms with Gasteiger partial charge in [-0.15, -0.1) is 0 Å². The summed E-state index contributed by atoms with van der Waals surface area (Å²) in [6, 6.07) is -0.0658. The first-order valence-corrected chi connectivity index (χ1v) is 4.20. The molecule has 68 valence electrons. The van der Waals surface area contributed by atoms with E-state index in [2.05, 4.69) is 24.4 Å². The molecule has 1 amide bonds. The fourth-order valence-corrected chi connectivity index (χ4v) is 1.24. The lowest BCUT2D eigenvalue weighted by molar-refractivity contribution is -0.119. The monoisotopic (exact) mass is 169 g/mol. The molecule has 1 aliphatic rings. The Hall–Kier alpha value is -0.900. The van der Waals surface area contributed by atoms with Gasteiger partial charge in [0.2, 0.25) is 5.91 Å². The topological polar surface area (TPSA) is 67.5 Å². The third-order valence-electron chi connectivity index (χ3n) is 1.82. The highest BCUT2D eigenvalue weighted by molar-refractivity contribution is 6.07. The van der Waals surface area contributed by atoms with Crippen molar-refractivity contribution in [2.24, 2.45) is 16.8 Å². The minimum absolute atomic E-state index is 0.0517. The summed E-state index contributed by atoms with van der Waals surface area (Å²) in [7, 11) is 0. The van der Waals surface area contributed by atoms with Crippen LogP contribution < -0.4 is 11.2 Å². The van der Waals surface area contributed by atoms with Crippen molar-refractivity contribution in [1.82, 2.24) is 5.43 Å². The van der Waals surface area contributed by atoms with E-state index in [-0.39, 0.29) is 11.9 Å². The van der Waals surface area contributed by atoms with Gasteiger partial charge in [0.05, 0.1) is 12.1 Å². The Kier molecular flexibility index (Phi) is 2.81. The normalized spacial score (nSPS) is 19.3. The molecule has 4 nitrogen and oxygen atoms in total. The Bertz CT molecular complexity index is 210. The summed E-state index contributed by atoms with van der Waals surface area (Å²) in [5.41, 5.74) is 9.00. The summed E-state index contributed by atoms with van der Waals surface area (Å²) < 4.78 is 0. The number of carbonyl (C=O) groups excluding carboxylic acids is 1. The highest BCUT2D eigenvalue weighted by Gasteiger charge is 2.20. The Balaban J connectivity index is 2.43. The molecule has 0 saturated carbocycles. The molecule has 3 N–H and O–H groups in total. The van der Waals surface area contributed by atoms with Crippen LogP contribution in [0.15, 0.2) is 5.10 Å². The number of amides is 1. The van der Waals surface area contributed by atoms with Gasteiger partial charge in [-0.2, -0.15) is 5.10 Å². The molecule has 0 aromatic heterocycles. The van der Waals surface area contributed by atoms with Crippen LogP contribution in [0.5, 0.6) is 0 Å². The van der Waals surface area contributed by atoms with Crippen molar-refractivity contribution in [2.75, 3.05) is 0 Å². The molecule has 0 bridgehead atoms. The maximum Gasteiger partial charge on any atom is 0.245 e. The first kappa shape index (κ1) is 9.19. The summed E-state index contributed by atoms with van der Waals surface area (Å²) >= 11 is 0. The van der Waals surface area contributed by atoms with Crippen LogP contribution in [0.1, 0.15) is 26.7 Å². The second kappa shape index (κ2) is 3.67. The van der Waals surface area contributed by atoms with E-state index in [1.807, 2.05) is 0 Å². The Labute approximate surface area is 72.2 Å². The standard InChI is InChI=1S/C8H15N3O/c1-5(2)3-6(9)7-4-8(12)11-10-7/h5-6H,3-4,9H2,1-2H3,(H,11,12)/t6-/m1/s1. The van der Waals surface area contributed by atoms with Gasteiger partial charge in [-0.1, -0.05) is 13.8 Å². The van der Waals surface area contributed by atoms with Crippen LogP contribution in [0.25, 0.3) is 0 Å². The molecular formula is C8H15N3O. The first-order valence-electron chi connectivity index (χ1n) is 4.20. The van der Waals surface area contributed by atoms with Gasteiger partial charge >= 0.3 is 0 Å². The fraction of sp³-hybridized carbons (Fsp3) is 0.750. The van der Waals surface area contributed by atoms with Crippen molar-refractivity contribution >= 4 is 11.6 Å². The van der Waals surface area contributed by atoms with E-state index in [4.69, 9.17) is 5.73 Å². The number of hydrogen-bond donors (Lipinski definition) is 2. The molecule has 12 heavy (non-hydrogen) atoms. The number of nitrogens with zero attached hydrogens (tertiary/aromatic N) is 1. The highest BCUT2D eigenvalue weighted by Crippen LogP contribution is 2.08. The molecule has 1 aliphatic heterocycles. The van der Waals surface area contributed by atoms with E-state index in [1.54, 1.807) is 0 Å². The largest absolute Gasteiger partial charge is 0.323 e. The lowest BCUT2D eigenvalue weighted by atomic mass is 9.99. The average molecular weight is 169 g/mol. The predicted octanol–water partition coefficient (Wildman–Crippen LogP) is 0.236. The average Bonchev–Trinajstić information content (AvgIpc) is 2.34. The quantitative estimate of drug-likeness (QED) is 0.635. The first-order chi connectivity index (χ1) is 5.59. The number of rotatable bonds is 3. The number of nitrogens with two attached hydrogens (primary N) is 1. The van der Waals surface area contributed by atoms with E-state index in [9.17, 15) is 4.79 Å². The lowest BCUT2D eigenvalue weighted by Gasteiger charge is -2.12. The van der Waals surface area contributed by atoms with Crippen molar-refractivity contribution in [3.63, 3.8) is 0 Å². The molecule has 4 heteroatoms.